The zero-order valence-corrected chi connectivity index (χ0v) is 46.7. The lowest BCUT2D eigenvalue weighted by molar-refractivity contribution is -0.149. The summed E-state index contributed by atoms with van der Waals surface area (Å²) in [5.41, 5.74) is 18.5. The smallest absolute Gasteiger partial charge is 0.417 e. The molecule has 80 heavy (non-hydrogen) atoms. The van der Waals surface area contributed by atoms with Crippen LogP contribution in [0.2, 0.25) is 0 Å². The summed E-state index contributed by atoms with van der Waals surface area (Å²) in [6.07, 6.45) is 5.70. The highest BCUT2D eigenvalue weighted by Gasteiger charge is 2.46. The summed E-state index contributed by atoms with van der Waals surface area (Å²) in [5, 5.41) is 33.5. The second kappa shape index (κ2) is 32.9. The molecule has 2 aromatic rings. The van der Waals surface area contributed by atoms with E-state index >= 15 is 0 Å². The first kappa shape index (κ1) is 65.5. The summed E-state index contributed by atoms with van der Waals surface area (Å²) >= 11 is 0. The topological polar surface area (TPSA) is 397 Å². The minimum Gasteiger partial charge on any atom is -0.480 e. The number of ether oxygens (including phenoxy) is 1. The summed E-state index contributed by atoms with van der Waals surface area (Å²) < 4.78 is 5.53. The molecule has 26 heteroatoms. The van der Waals surface area contributed by atoms with Gasteiger partial charge in [-0.25, -0.2) is 19.5 Å². The van der Waals surface area contributed by atoms with Gasteiger partial charge < -0.3 is 73.5 Å². The highest BCUT2D eigenvalue weighted by Crippen LogP contribution is 2.27. The number of aliphatic hydroxyl groups excluding tert-OH is 1. The van der Waals surface area contributed by atoms with Gasteiger partial charge in [-0.15, -0.1) is 0 Å². The molecule has 10 atom stereocenters. The number of likely N-dealkylation sites (tertiary alicyclic amines) is 2. The van der Waals surface area contributed by atoms with E-state index in [-0.39, 0.29) is 64.1 Å². The van der Waals surface area contributed by atoms with E-state index in [0.29, 0.717) is 74.2 Å². The van der Waals surface area contributed by atoms with Gasteiger partial charge in [-0.1, -0.05) is 64.4 Å². The molecule has 0 radical (unpaired) electrons. The molecule has 0 saturated carbocycles. The second-order valence-electron chi connectivity index (χ2n) is 21.0. The minimum absolute atomic E-state index is 0.0430. The Balaban J connectivity index is 1.55. The Labute approximate surface area is 467 Å². The number of rotatable bonds is 32. The molecule has 2 aliphatic heterocycles. The van der Waals surface area contributed by atoms with Crippen LogP contribution in [0.3, 0.4) is 0 Å². The van der Waals surface area contributed by atoms with Gasteiger partial charge in [-0.3, -0.25) is 38.4 Å². The number of carbonyl (C=O) groups excluding carboxylic acids is 9. The number of nitrogens with one attached hydrogen (secondary N) is 6. The number of hydrogen-bond donors (Lipinski definition) is 11. The summed E-state index contributed by atoms with van der Waals surface area (Å²) in [4.78, 5) is 149. The van der Waals surface area contributed by atoms with Crippen molar-refractivity contribution in [2.75, 3.05) is 32.8 Å². The first-order valence-electron chi connectivity index (χ1n) is 27.8. The fraction of sp³-hybridized carbons (Fsp3) is 0.648. The molecule has 1 aromatic carbocycles. The Bertz CT molecular complexity index is 2380. The van der Waals surface area contributed by atoms with Crippen molar-refractivity contribution in [2.45, 2.75) is 179 Å². The Morgan fingerprint density at radius 3 is 1.95 bits per heavy atom. The zero-order chi connectivity index (χ0) is 59.1. The number of amides is 9. The standard InChI is InChI=1S/C54H85N13O13/c1-6-33(4)44(52(76)66-25-15-21-43(66)51(75)65-24-14-20-42(65)49(73)60-38(18-10-12-22-55)47(71)61-39(53(77)78)19-11-13-23-56)64-45(69)34(5)67(54(79)80-30-35-16-8-7-9-17-35)50(74)41(29-68)63-48(72)40(26-32(2)3)62-46(70)37(57)27-36-28-58-31-59-36/h7-9,16-17,28,31-34,37-44,68H,6,10-15,18-27,29-30,55-57H2,1-5H3,(H,58,59)(H,60,73)(H,61,71)(H,62,70)(H,63,72)(H,64,69)(H,77,78)/t33-,34-,37-,38-,39-,40-,41-,42-,43-,44-/m0/s1. The number of benzene rings is 1. The molecule has 9 amide bonds. The average molecular weight is 1120 g/mol. The molecule has 0 aliphatic carbocycles. The lowest BCUT2D eigenvalue weighted by Crippen LogP contribution is -2.62. The van der Waals surface area contributed by atoms with Crippen molar-refractivity contribution >= 4 is 59.3 Å². The van der Waals surface area contributed by atoms with Crippen LogP contribution in [0.1, 0.15) is 123 Å². The Hall–Kier alpha value is -7.03. The van der Waals surface area contributed by atoms with Crippen LogP contribution < -0.4 is 43.8 Å². The molecule has 26 nitrogen and oxygen atoms in total. The third-order valence-electron chi connectivity index (χ3n) is 14.4. The fourth-order valence-corrected chi connectivity index (χ4v) is 9.64. The number of imide groups is 1. The number of nitrogens with two attached hydrogens (primary N) is 3. The van der Waals surface area contributed by atoms with E-state index < -0.39 is 126 Å². The molecule has 4 rings (SSSR count). The van der Waals surface area contributed by atoms with Crippen LogP contribution in [0.15, 0.2) is 42.9 Å². The molecule has 3 heterocycles. The molecule has 0 spiro atoms. The normalized spacial score (nSPS) is 18.1. The molecule has 1 aromatic heterocycles. The Morgan fingerprint density at radius 2 is 1.36 bits per heavy atom. The third-order valence-corrected chi connectivity index (χ3v) is 14.4. The molecule has 0 bridgehead atoms. The van der Waals surface area contributed by atoms with Gasteiger partial charge in [0.1, 0.15) is 54.9 Å². The van der Waals surface area contributed by atoms with Crippen LogP contribution in [0, 0.1) is 11.8 Å². The van der Waals surface area contributed by atoms with Crippen LogP contribution >= 0.6 is 0 Å². The zero-order valence-electron chi connectivity index (χ0n) is 46.7. The number of aliphatic hydroxyl groups is 1. The van der Waals surface area contributed by atoms with Gasteiger partial charge in [-0.2, -0.15) is 0 Å². The monoisotopic (exact) mass is 1120 g/mol. The number of carboxylic acids is 1. The molecular formula is C54H85N13O13. The molecule has 2 fully saturated rings. The second-order valence-corrected chi connectivity index (χ2v) is 21.0. The van der Waals surface area contributed by atoms with Gasteiger partial charge in [-0.05, 0) is 108 Å². The number of aromatic amines is 1. The number of carbonyl (C=O) groups is 10. The lowest BCUT2D eigenvalue weighted by Gasteiger charge is -2.35. The summed E-state index contributed by atoms with van der Waals surface area (Å²) in [7, 11) is 0. The first-order chi connectivity index (χ1) is 38.2. The lowest BCUT2D eigenvalue weighted by atomic mass is 9.96. The molecule has 2 aliphatic rings. The molecule has 444 valence electrons. The molecule has 2 saturated heterocycles. The summed E-state index contributed by atoms with van der Waals surface area (Å²) in [6, 6.07) is -3.27. The van der Waals surface area contributed by atoms with Crippen LogP contribution in [0.4, 0.5) is 4.79 Å². The first-order valence-corrected chi connectivity index (χ1v) is 27.8. The number of unbranched alkanes of at least 4 members (excludes halogenated alkanes) is 2. The molecule has 0 unspecified atom stereocenters. The number of hydrogen-bond acceptors (Lipinski definition) is 16. The average Bonchev–Trinajstić information content (AvgIpc) is 4.33. The van der Waals surface area contributed by atoms with E-state index in [9.17, 15) is 58.2 Å². The number of nitrogens with zero attached hydrogens (tertiary/aromatic N) is 4. The van der Waals surface area contributed by atoms with Gasteiger partial charge >= 0.3 is 12.1 Å². The van der Waals surface area contributed by atoms with E-state index in [1.54, 1.807) is 64.2 Å². The largest absolute Gasteiger partial charge is 0.480 e. The maximum absolute atomic E-state index is 14.8. The SMILES string of the molecule is CC[C@H](C)[C@H](NC(=O)[C@H](C)N(C(=O)OCc1ccccc1)C(=O)[C@H](CO)NC(=O)[C@H](CC(C)C)NC(=O)[C@@H](N)Cc1c[nH]cn1)C(=O)N1CCC[C@H]1C(=O)N1CCC[C@H]1C(=O)N[C@@H](CCCCN)C(=O)N[C@@H](CCCCN)C(=O)O. The van der Waals surface area contributed by atoms with Gasteiger partial charge in [0.25, 0.3) is 5.91 Å². The number of carboxylic acid groups (broad SMARTS) is 1. The van der Waals surface area contributed by atoms with Gasteiger partial charge in [0.05, 0.1) is 24.7 Å². The highest BCUT2D eigenvalue weighted by molar-refractivity contribution is 6.03. The number of aliphatic carboxylic acids is 1. The van der Waals surface area contributed by atoms with E-state index in [1.165, 1.54) is 23.1 Å². The van der Waals surface area contributed by atoms with Crippen molar-refractivity contribution in [1.82, 2.24) is 51.3 Å². The van der Waals surface area contributed by atoms with Gasteiger partial charge in [0, 0.05) is 25.7 Å². The highest BCUT2D eigenvalue weighted by atomic mass is 16.6. The maximum atomic E-state index is 14.8. The van der Waals surface area contributed by atoms with Gasteiger partial charge in [0.15, 0.2) is 0 Å². The molecule has 14 N–H and O–H groups in total. The van der Waals surface area contributed by atoms with Crippen molar-refractivity contribution in [1.29, 1.82) is 0 Å². The maximum Gasteiger partial charge on any atom is 0.417 e. The summed E-state index contributed by atoms with van der Waals surface area (Å²) in [5.74, 6) is -8.30. The van der Waals surface area contributed by atoms with E-state index in [2.05, 4.69) is 36.6 Å². The molecular weight excluding hydrogens is 1040 g/mol. The van der Waals surface area contributed by atoms with Crippen molar-refractivity contribution in [3.63, 3.8) is 0 Å². The fourth-order valence-electron chi connectivity index (χ4n) is 9.64. The predicted molar refractivity (Wildman–Crippen MR) is 292 cm³/mol. The Morgan fingerprint density at radius 1 is 0.762 bits per heavy atom. The van der Waals surface area contributed by atoms with Crippen LogP contribution in [-0.4, -0.2) is 181 Å². The number of imidazole rings is 1. The van der Waals surface area contributed by atoms with Crippen LogP contribution in [-0.2, 0) is 60.9 Å². The number of aromatic nitrogens is 2. The van der Waals surface area contributed by atoms with Crippen molar-refractivity contribution in [3.8, 4) is 0 Å². The van der Waals surface area contributed by atoms with Crippen LogP contribution in [0.25, 0.3) is 0 Å². The number of H-pyrrole nitrogens is 1. The minimum atomic E-state index is -1.86. The Kier molecular flexibility index (Phi) is 26.9. The van der Waals surface area contributed by atoms with Crippen LogP contribution in [0.5, 0.6) is 0 Å². The summed E-state index contributed by atoms with van der Waals surface area (Å²) in [6.45, 7) is 7.81. The quantitative estimate of drug-likeness (QED) is 0.0418. The van der Waals surface area contributed by atoms with E-state index in [1.807, 2.05) is 0 Å². The van der Waals surface area contributed by atoms with Crippen molar-refractivity contribution in [2.24, 2.45) is 29.0 Å². The van der Waals surface area contributed by atoms with E-state index in [4.69, 9.17) is 21.9 Å². The van der Waals surface area contributed by atoms with E-state index in [0.717, 1.165) is 0 Å². The predicted octanol–water partition coefficient (Wildman–Crippen LogP) is -0.334. The van der Waals surface area contributed by atoms with Crippen molar-refractivity contribution < 1.29 is 62.9 Å². The third kappa shape index (κ3) is 19.1. The van der Waals surface area contributed by atoms with Gasteiger partial charge in [0.2, 0.25) is 41.4 Å². The van der Waals surface area contributed by atoms with Crippen molar-refractivity contribution in [3.05, 3.63) is 54.1 Å².